The molecular weight excluding hydrogens is 354 g/mol. The van der Waals surface area contributed by atoms with Crippen molar-refractivity contribution < 1.29 is 9.59 Å². The molecule has 1 aromatic carbocycles. The monoisotopic (exact) mass is 375 g/mol. The van der Waals surface area contributed by atoms with Gasteiger partial charge in [-0.2, -0.15) is 0 Å². The van der Waals surface area contributed by atoms with Crippen molar-refractivity contribution in [2.24, 2.45) is 16.2 Å². The van der Waals surface area contributed by atoms with Gasteiger partial charge in [-0.1, -0.05) is 54.9 Å². The number of hydrogen-bond acceptors (Lipinski definition) is 2. The minimum atomic E-state index is -0.629. The van der Waals surface area contributed by atoms with E-state index in [2.05, 4.69) is 35.8 Å². The first-order chi connectivity index (χ1) is 10.8. The van der Waals surface area contributed by atoms with Crippen molar-refractivity contribution in [3.8, 4) is 0 Å². The van der Waals surface area contributed by atoms with Crippen LogP contribution in [0.4, 0.5) is 5.69 Å². The maximum Gasteiger partial charge on any atom is 0.235 e. The minimum absolute atomic E-state index is 0.129. The van der Waals surface area contributed by atoms with Crippen LogP contribution in [-0.2, 0) is 16.0 Å². The first-order valence-electron chi connectivity index (χ1n) is 8.36. The average molecular weight is 376 g/mol. The largest absolute Gasteiger partial charge is 0.311 e. The predicted molar refractivity (Wildman–Crippen MR) is 93.8 cm³/mol. The van der Waals surface area contributed by atoms with Crippen molar-refractivity contribution in [1.82, 2.24) is 0 Å². The molecule has 3 nitrogen and oxygen atoms in total. The summed E-state index contributed by atoms with van der Waals surface area (Å²) in [6.45, 7) is 6.99. The fourth-order valence-corrected chi connectivity index (χ4v) is 6.72. The molecule has 0 N–H and O–H groups in total. The first-order valence-corrected chi connectivity index (χ1v) is 9.27. The zero-order chi connectivity index (χ0) is 16.6. The van der Waals surface area contributed by atoms with E-state index in [1.165, 1.54) is 5.56 Å². The highest BCUT2D eigenvalue weighted by Gasteiger charge is 2.77. The Kier molecular flexibility index (Phi) is 2.99. The van der Waals surface area contributed by atoms with E-state index < -0.39 is 10.8 Å². The molecule has 0 aromatic heterocycles. The van der Waals surface area contributed by atoms with Crippen molar-refractivity contribution in [3.05, 3.63) is 29.8 Å². The van der Waals surface area contributed by atoms with E-state index in [0.717, 1.165) is 31.5 Å². The second-order valence-electron chi connectivity index (χ2n) is 7.99. The van der Waals surface area contributed by atoms with E-state index in [0.29, 0.717) is 0 Å². The Morgan fingerprint density at radius 3 is 2.57 bits per heavy atom. The zero-order valence-electron chi connectivity index (χ0n) is 13.9. The predicted octanol–water partition coefficient (Wildman–Crippen LogP) is 3.73. The quantitative estimate of drug-likeness (QED) is 0.701. The summed E-state index contributed by atoms with van der Waals surface area (Å²) in [5.74, 6) is 0.332. The summed E-state index contributed by atoms with van der Waals surface area (Å²) >= 11 is 3.62. The van der Waals surface area contributed by atoms with Gasteiger partial charge in [-0.05, 0) is 36.3 Å². The summed E-state index contributed by atoms with van der Waals surface area (Å²) in [4.78, 5) is 28.1. The van der Waals surface area contributed by atoms with Crippen molar-refractivity contribution in [1.29, 1.82) is 0 Å². The molecule has 2 fully saturated rings. The van der Waals surface area contributed by atoms with Gasteiger partial charge in [0.1, 0.15) is 0 Å². The number of rotatable bonds is 1. The Morgan fingerprint density at radius 2 is 1.91 bits per heavy atom. The van der Waals surface area contributed by atoms with Gasteiger partial charge >= 0.3 is 0 Å². The summed E-state index contributed by atoms with van der Waals surface area (Å²) in [6.07, 6.45) is 2.49. The summed E-state index contributed by atoms with van der Waals surface area (Å²) in [5.41, 5.74) is 0.883. The molecule has 1 aliphatic heterocycles. The molecule has 0 unspecified atom stereocenters. The number of anilines is 1. The molecule has 3 aliphatic rings. The zero-order valence-corrected chi connectivity index (χ0v) is 15.4. The number of para-hydroxylation sites is 1. The van der Waals surface area contributed by atoms with Gasteiger partial charge in [-0.15, -0.1) is 0 Å². The lowest BCUT2D eigenvalue weighted by Crippen LogP contribution is -2.52. The molecule has 1 aromatic rings. The molecule has 4 rings (SSSR count). The highest BCUT2D eigenvalue weighted by atomic mass is 79.9. The van der Waals surface area contributed by atoms with Gasteiger partial charge in [0.2, 0.25) is 5.91 Å². The Bertz CT molecular complexity index is 728. The number of carbonyl (C=O) groups is 2. The maximum atomic E-state index is 13.6. The standard InChI is InChI=1S/C19H22BrNO2/c1-17(2)18(3)9-10-19(17,14(20)15(18)22)16(23)21-11-8-12-6-4-5-7-13(12)21/h4-7,14H,8-11H2,1-3H3/t14-,18-,19-/m1/s1. The Morgan fingerprint density at radius 1 is 1.22 bits per heavy atom. The number of fused-ring (bicyclic) bond motifs is 3. The van der Waals surface area contributed by atoms with E-state index in [9.17, 15) is 9.59 Å². The molecule has 4 heteroatoms. The van der Waals surface area contributed by atoms with Crippen molar-refractivity contribution >= 4 is 33.3 Å². The number of hydrogen-bond donors (Lipinski definition) is 0. The van der Waals surface area contributed by atoms with Crippen LogP contribution in [0.2, 0.25) is 0 Å². The second-order valence-corrected chi connectivity index (χ2v) is 8.91. The maximum absolute atomic E-state index is 13.6. The topological polar surface area (TPSA) is 37.4 Å². The number of ketones is 1. The normalized spacial score (nSPS) is 37.3. The summed E-state index contributed by atoms with van der Waals surface area (Å²) in [5, 5.41) is 0. The Hall–Kier alpha value is -1.16. The van der Waals surface area contributed by atoms with Crippen molar-refractivity contribution in [3.63, 3.8) is 0 Å². The Labute approximate surface area is 145 Å². The minimum Gasteiger partial charge on any atom is -0.311 e. The first kappa shape index (κ1) is 15.4. The third-order valence-corrected chi connectivity index (χ3v) is 8.43. The molecule has 2 saturated carbocycles. The second kappa shape index (κ2) is 4.47. The van der Waals surface area contributed by atoms with Crippen LogP contribution in [0.5, 0.6) is 0 Å². The fraction of sp³-hybridized carbons (Fsp3) is 0.579. The van der Waals surface area contributed by atoms with Gasteiger partial charge in [0.25, 0.3) is 0 Å². The molecule has 2 aliphatic carbocycles. The van der Waals surface area contributed by atoms with Crippen LogP contribution in [0.15, 0.2) is 24.3 Å². The van der Waals surface area contributed by atoms with Crippen molar-refractivity contribution in [2.45, 2.75) is 44.9 Å². The molecule has 0 spiro atoms. The van der Waals surface area contributed by atoms with Gasteiger partial charge < -0.3 is 4.90 Å². The number of amides is 1. The molecule has 2 bridgehead atoms. The van der Waals surface area contributed by atoms with Crippen LogP contribution in [0.3, 0.4) is 0 Å². The van der Waals surface area contributed by atoms with Gasteiger partial charge in [0.05, 0.1) is 10.2 Å². The van der Waals surface area contributed by atoms with Crippen LogP contribution in [0.1, 0.15) is 39.2 Å². The number of Topliss-reactive ketones (excluding diaryl/α,β-unsaturated/α-hetero) is 1. The van der Waals surface area contributed by atoms with E-state index in [1.807, 2.05) is 30.0 Å². The summed E-state index contributed by atoms with van der Waals surface area (Å²) in [6, 6.07) is 8.12. The van der Waals surface area contributed by atoms with Crippen LogP contribution in [0, 0.1) is 16.2 Å². The molecule has 0 saturated heterocycles. The third kappa shape index (κ3) is 1.52. The molecular formula is C19H22BrNO2. The summed E-state index contributed by atoms with van der Waals surface area (Å²) < 4.78 is 0. The molecule has 1 heterocycles. The number of nitrogens with zero attached hydrogens (tertiary/aromatic N) is 1. The number of halogens is 1. The number of alkyl halides is 1. The molecule has 122 valence electrons. The highest BCUT2D eigenvalue weighted by molar-refractivity contribution is 9.10. The summed E-state index contributed by atoms with van der Waals surface area (Å²) in [7, 11) is 0. The Balaban J connectivity index is 1.82. The van der Waals surface area contributed by atoms with Crippen LogP contribution in [0.25, 0.3) is 0 Å². The van der Waals surface area contributed by atoms with Gasteiger partial charge in [0, 0.05) is 17.6 Å². The van der Waals surface area contributed by atoms with Gasteiger partial charge in [-0.25, -0.2) is 0 Å². The smallest absolute Gasteiger partial charge is 0.235 e. The van der Waals surface area contributed by atoms with Crippen LogP contribution in [-0.4, -0.2) is 23.1 Å². The molecule has 23 heavy (non-hydrogen) atoms. The molecule has 1 amide bonds. The molecule has 3 atom stereocenters. The third-order valence-electron chi connectivity index (χ3n) is 7.23. The molecule has 0 radical (unpaired) electrons. The van der Waals surface area contributed by atoms with E-state index in [1.54, 1.807) is 0 Å². The average Bonchev–Trinajstić information content (AvgIpc) is 3.07. The van der Waals surface area contributed by atoms with Crippen LogP contribution < -0.4 is 4.90 Å². The van der Waals surface area contributed by atoms with Gasteiger partial charge in [-0.3, -0.25) is 9.59 Å². The lowest BCUT2D eigenvalue weighted by molar-refractivity contribution is -0.133. The fourth-order valence-electron chi connectivity index (χ4n) is 5.22. The van der Waals surface area contributed by atoms with E-state index in [-0.39, 0.29) is 21.9 Å². The lowest BCUT2D eigenvalue weighted by Gasteiger charge is -2.42. The van der Waals surface area contributed by atoms with Crippen LogP contribution >= 0.6 is 15.9 Å². The van der Waals surface area contributed by atoms with E-state index in [4.69, 9.17) is 0 Å². The number of carbonyl (C=O) groups excluding carboxylic acids is 2. The lowest BCUT2D eigenvalue weighted by atomic mass is 9.64. The van der Waals surface area contributed by atoms with Gasteiger partial charge in [0.15, 0.2) is 5.78 Å². The number of benzene rings is 1. The highest BCUT2D eigenvalue weighted by Crippen LogP contribution is 2.72. The van der Waals surface area contributed by atoms with Crippen molar-refractivity contribution in [2.75, 3.05) is 11.4 Å². The SMILES string of the molecule is CC1(C)[C@]2(C(=O)N3CCc4ccccc43)CC[C@]1(C)C(=O)[C@H]2Br. The van der Waals surface area contributed by atoms with E-state index >= 15 is 0 Å².